The fraction of sp³-hybridized carbons (Fsp3) is 0.300. The number of hydrogen-bond donors (Lipinski definition) is 1. The predicted molar refractivity (Wildman–Crippen MR) is 98.8 cm³/mol. The van der Waals surface area contributed by atoms with E-state index in [1.807, 2.05) is 6.92 Å². The Morgan fingerprint density at radius 2 is 1.85 bits per heavy atom. The van der Waals surface area contributed by atoms with Gasteiger partial charge in [-0.3, -0.25) is 4.79 Å². The Morgan fingerprint density at radius 1 is 1.12 bits per heavy atom. The minimum atomic E-state index is -0.729. The number of rotatable bonds is 7. The van der Waals surface area contributed by atoms with Crippen LogP contribution in [0.4, 0.5) is 5.69 Å². The first kappa shape index (κ1) is 19.3. The number of benzene rings is 2. The summed E-state index contributed by atoms with van der Waals surface area (Å²) in [5.41, 5.74) is 1.76. The first-order valence-corrected chi connectivity index (χ1v) is 8.34. The van der Waals surface area contributed by atoms with E-state index < -0.39 is 12.1 Å². The van der Waals surface area contributed by atoms with Gasteiger partial charge in [0.25, 0.3) is 5.91 Å². The highest BCUT2D eigenvalue weighted by Crippen LogP contribution is 2.21. The maximum atomic E-state index is 12.4. The lowest BCUT2D eigenvalue weighted by atomic mass is 10.1. The second-order valence-corrected chi connectivity index (χ2v) is 5.68. The summed E-state index contributed by atoms with van der Waals surface area (Å²) in [6.07, 6.45) is -0.729. The van der Waals surface area contributed by atoms with E-state index in [-0.39, 0.29) is 5.91 Å². The van der Waals surface area contributed by atoms with Crippen LogP contribution in [0.15, 0.2) is 42.5 Å². The third-order valence-electron chi connectivity index (χ3n) is 3.73. The molecule has 6 nitrogen and oxygen atoms in total. The number of aryl methyl sites for hydroxylation is 1. The van der Waals surface area contributed by atoms with Gasteiger partial charge in [-0.05, 0) is 50.6 Å². The van der Waals surface area contributed by atoms with Gasteiger partial charge >= 0.3 is 5.97 Å². The lowest BCUT2D eigenvalue weighted by Crippen LogP contribution is -2.30. The molecule has 0 radical (unpaired) electrons. The third-order valence-corrected chi connectivity index (χ3v) is 3.73. The maximum absolute atomic E-state index is 12.4. The molecule has 138 valence electrons. The molecule has 0 aromatic heterocycles. The summed E-state index contributed by atoms with van der Waals surface area (Å²) in [4.78, 5) is 24.3. The fourth-order valence-electron chi connectivity index (χ4n) is 2.26. The molecule has 0 saturated heterocycles. The van der Waals surface area contributed by atoms with Crippen LogP contribution in [0.5, 0.6) is 11.5 Å². The van der Waals surface area contributed by atoms with Crippen LogP contribution in [-0.4, -0.2) is 31.7 Å². The Kier molecular flexibility index (Phi) is 6.60. The van der Waals surface area contributed by atoms with E-state index in [9.17, 15) is 9.59 Å². The normalized spacial score (nSPS) is 11.4. The lowest BCUT2D eigenvalue weighted by Gasteiger charge is -2.16. The molecule has 0 spiro atoms. The van der Waals surface area contributed by atoms with Crippen molar-refractivity contribution in [3.63, 3.8) is 0 Å². The molecule has 1 N–H and O–H groups in total. The fourth-order valence-corrected chi connectivity index (χ4v) is 2.26. The van der Waals surface area contributed by atoms with Crippen LogP contribution < -0.4 is 14.8 Å². The second-order valence-electron chi connectivity index (χ2n) is 5.68. The Hall–Kier alpha value is -3.02. The van der Waals surface area contributed by atoms with Gasteiger partial charge in [0.2, 0.25) is 0 Å². The number of ether oxygens (including phenoxy) is 3. The zero-order valence-electron chi connectivity index (χ0n) is 15.4. The number of methoxy groups -OCH3 is 1. The molecule has 1 amide bonds. The molecule has 0 unspecified atom stereocenters. The minimum absolute atomic E-state index is 0.291. The largest absolute Gasteiger partial charge is 0.497 e. The molecule has 0 heterocycles. The molecule has 2 rings (SSSR count). The van der Waals surface area contributed by atoms with E-state index in [1.54, 1.807) is 63.4 Å². The van der Waals surface area contributed by atoms with E-state index in [0.717, 1.165) is 5.56 Å². The van der Waals surface area contributed by atoms with Crippen molar-refractivity contribution < 1.29 is 23.8 Å². The van der Waals surface area contributed by atoms with E-state index in [4.69, 9.17) is 14.2 Å². The van der Waals surface area contributed by atoms with Gasteiger partial charge in [-0.25, -0.2) is 4.79 Å². The standard InChI is InChI=1S/C20H23NO5/c1-5-25-20(23)15-10-9-13(2)18(11-15)21-19(22)14(3)26-17-8-6-7-16(12-17)24-4/h6-12,14H,5H2,1-4H3,(H,21,22)/t14-/m1/s1. The summed E-state index contributed by atoms with van der Waals surface area (Å²) in [5.74, 6) is 0.428. The van der Waals surface area contributed by atoms with Gasteiger partial charge in [0.05, 0.1) is 19.3 Å². The van der Waals surface area contributed by atoms with Gasteiger partial charge < -0.3 is 19.5 Å². The highest BCUT2D eigenvalue weighted by Gasteiger charge is 2.17. The van der Waals surface area contributed by atoms with Crippen molar-refractivity contribution in [1.82, 2.24) is 0 Å². The van der Waals surface area contributed by atoms with Gasteiger partial charge in [-0.1, -0.05) is 12.1 Å². The summed E-state index contributed by atoms with van der Waals surface area (Å²) < 4.78 is 15.8. The van der Waals surface area contributed by atoms with Crippen molar-refractivity contribution in [3.05, 3.63) is 53.6 Å². The average Bonchev–Trinajstić information content (AvgIpc) is 2.63. The van der Waals surface area contributed by atoms with Crippen LogP contribution >= 0.6 is 0 Å². The number of nitrogens with one attached hydrogen (secondary N) is 1. The highest BCUT2D eigenvalue weighted by molar-refractivity contribution is 5.97. The van der Waals surface area contributed by atoms with Crippen LogP contribution in [0.2, 0.25) is 0 Å². The summed E-state index contributed by atoms with van der Waals surface area (Å²) >= 11 is 0. The van der Waals surface area contributed by atoms with Crippen molar-refractivity contribution in [2.45, 2.75) is 26.9 Å². The molecule has 26 heavy (non-hydrogen) atoms. The Bertz CT molecular complexity index is 788. The van der Waals surface area contributed by atoms with Crippen LogP contribution in [0, 0.1) is 6.92 Å². The molecule has 2 aromatic rings. The molecule has 0 aliphatic carbocycles. The molecular weight excluding hydrogens is 334 g/mol. The first-order chi connectivity index (χ1) is 12.4. The monoisotopic (exact) mass is 357 g/mol. The van der Waals surface area contributed by atoms with Crippen LogP contribution in [0.25, 0.3) is 0 Å². The zero-order chi connectivity index (χ0) is 19.1. The average molecular weight is 357 g/mol. The van der Waals surface area contributed by atoms with Gasteiger partial charge in [-0.15, -0.1) is 0 Å². The number of carbonyl (C=O) groups excluding carboxylic acids is 2. The number of carbonyl (C=O) groups is 2. The molecule has 0 fully saturated rings. The van der Waals surface area contributed by atoms with E-state index in [0.29, 0.717) is 29.4 Å². The molecule has 2 aromatic carbocycles. The third kappa shape index (κ3) is 4.99. The Labute approximate surface area is 153 Å². The van der Waals surface area contributed by atoms with Crippen molar-refractivity contribution >= 4 is 17.6 Å². The van der Waals surface area contributed by atoms with E-state index in [1.165, 1.54) is 0 Å². The maximum Gasteiger partial charge on any atom is 0.338 e. The number of anilines is 1. The molecule has 1 atom stereocenters. The predicted octanol–water partition coefficient (Wildman–Crippen LogP) is 3.59. The Balaban J connectivity index is 2.08. The first-order valence-electron chi connectivity index (χ1n) is 8.34. The summed E-state index contributed by atoms with van der Waals surface area (Å²) in [6, 6.07) is 12.1. The SMILES string of the molecule is CCOC(=O)c1ccc(C)c(NC(=O)[C@@H](C)Oc2cccc(OC)c2)c1. The molecule has 0 saturated carbocycles. The Morgan fingerprint density at radius 3 is 2.54 bits per heavy atom. The van der Waals surface area contributed by atoms with Crippen molar-refractivity contribution in [1.29, 1.82) is 0 Å². The summed E-state index contributed by atoms with van der Waals surface area (Å²) in [7, 11) is 1.56. The number of amides is 1. The number of hydrogen-bond acceptors (Lipinski definition) is 5. The quantitative estimate of drug-likeness (QED) is 0.767. The topological polar surface area (TPSA) is 73.9 Å². The van der Waals surface area contributed by atoms with Crippen molar-refractivity contribution in [3.8, 4) is 11.5 Å². The van der Waals surface area contributed by atoms with E-state index >= 15 is 0 Å². The van der Waals surface area contributed by atoms with Crippen molar-refractivity contribution in [2.24, 2.45) is 0 Å². The molecule has 6 heteroatoms. The van der Waals surface area contributed by atoms with Gasteiger partial charge in [0, 0.05) is 11.8 Å². The van der Waals surface area contributed by atoms with Crippen molar-refractivity contribution in [2.75, 3.05) is 19.0 Å². The van der Waals surface area contributed by atoms with Gasteiger partial charge in [0.1, 0.15) is 11.5 Å². The van der Waals surface area contributed by atoms with E-state index in [2.05, 4.69) is 5.32 Å². The summed E-state index contributed by atoms with van der Waals surface area (Å²) in [5, 5.41) is 2.79. The number of esters is 1. The van der Waals surface area contributed by atoms with Gasteiger partial charge in [-0.2, -0.15) is 0 Å². The summed E-state index contributed by atoms with van der Waals surface area (Å²) in [6.45, 7) is 5.53. The second kappa shape index (κ2) is 8.89. The van der Waals surface area contributed by atoms with Crippen LogP contribution in [-0.2, 0) is 9.53 Å². The smallest absolute Gasteiger partial charge is 0.338 e. The van der Waals surface area contributed by atoms with Gasteiger partial charge in [0.15, 0.2) is 6.10 Å². The molecular formula is C20H23NO5. The molecule has 0 aliphatic rings. The highest BCUT2D eigenvalue weighted by atomic mass is 16.5. The lowest BCUT2D eigenvalue weighted by molar-refractivity contribution is -0.122. The molecule has 0 aliphatic heterocycles. The molecule has 0 bridgehead atoms. The van der Waals surface area contributed by atoms with Crippen LogP contribution in [0.1, 0.15) is 29.8 Å². The zero-order valence-corrected chi connectivity index (χ0v) is 15.4. The minimum Gasteiger partial charge on any atom is -0.497 e. The van der Waals surface area contributed by atoms with Crippen LogP contribution in [0.3, 0.4) is 0 Å².